The second-order valence-corrected chi connectivity index (χ2v) is 6.50. The molecule has 0 aromatic heterocycles. The number of benzene rings is 2. The molecule has 5 nitrogen and oxygen atoms in total. The van der Waals surface area contributed by atoms with E-state index in [2.05, 4.69) is 5.32 Å². The molecule has 0 aliphatic heterocycles. The van der Waals surface area contributed by atoms with Crippen LogP contribution in [-0.4, -0.2) is 12.5 Å². The molecule has 0 fully saturated rings. The third-order valence-corrected chi connectivity index (χ3v) is 4.14. The zero-order valence-corrected chi connectivity index (χ0v) is 15.6. The molecule has 0 aliphatic carbocycles. The molecule has 0 bridgehead atoms. The minimum absolute atomic E-state index is 0.0343. The average Bonchev–Trinajstić information content (AvgIpc) is 2.57. The van der Waals surface area contributed by atoms with Crippen molar-refractivity contribution in [1.82, 2.24) is 5.32 Å². The maximum Gasteiger partial charge on any atom is 0.269 e. The van der Waals surface area contributed by atoms with Gasteiger partial charge in [0, 0.05) is 27.7 Å². The number of anilines is 1. The lowest BCUT2D eigenvalue weighted by Gasteiger charge is -2.15. The summed E-state index contributed by atoms with van der Waals surface area (Å²) in [6, 6.07) is 7.15. The van der Waals surface area contributed by atoms with E-state index in [-0.39, 0.29) is 28.2 Å². The summed E-state index contributed by atoms with van der Waals surface area (Å²) in [5, 5.41) is 3.29. The van der Waals surface area contributed by atoms with Crippen molar-refractivity contribution in [2.24, 2.45) is 11.5 Å². The summed E-state index contributed by atoms with van der Waals surface area (Å²) in [6.07, 6.45) is 0.747. The highest BCUT2D eigenvalue weighted by Gasteiger charge is 2.18. The lowest BCUT2D eigenvalue weighted by molar-refractivity contribution is -0.117. The lowest BCUT2D eigenvalue weighted by atomic mass is 9.97. The SMILES string of the molecule is CCCNC(=O)/C(N)=C(\N)c1ccc(F)c(-c2cc(Cl)cc(Cl)c2)c1N. The molecule has 0 radical (unpaired) electrons. The molecule has 26 heavy (non-hydrogen) atoms. The molecular formula is C18H19Cl2FN4O. The van der Waals surface area contributed by atoms with Crippen LogP contribution in [0.4, 0.5) is 10.1 Å². The van der Waals surface area contributed by atoms with Crippen LogP contribution in [0, 0.1) is 5.82 Å². The second kappa shape index (κ2) is 8.29. The molecule has 8 heteroatoms. The van der Waals surface area contributed by atoms with Gasteiger partial charge in [-0.2, -0.15) is 0 Å². The van der Waals surface area contributed by atoms with Gasteiger partial charge in [0.05, 0.1) is 11.4 Å². The van der Waals surface area contributed by atoms with Gasteiger partial charge in [0.15, 0.2) is 0 Å². The number of hydrogen-bond acceptors (Lipinski definition) is 4. The quantitative estimate of drug-likeness (QED) is 0.458. The van der Waals surface area contributed by atoms with Crippen molar-refractivity contribution in [3.8, 4) is 11.1 Å². The molecule has 0 atom stereocenters. The summed E-state index contributed by atoms with van der Waals surface area (Å²) in [5.74, 6) is -1.09. The van der Waals surface area contributed by atoms with E-state index in [0.29, 0.717) is 22.2 Å². The third kappa shape index (κ3) is 4.20. The second-order valence-electron chi connectivity index (χ2n) is 5.62. The first-order valence-corrected chi connectivity index (χ1v) is 8.60. The molecule has 7 N–H and O–H groups in total. The molecule has 0 unspecified atom stereocenters. The molecule has 2 aromatic rings. The van der Waals surface area contributed by atoms with E-state index in [4.69, 9.17) is 40.4 Å². The van der Waals surface area contributed by atoms with Gasteiger partial charge >= 0.3 is 0 Å². The molecule has 2 aromatic carbocycles. The summed E-state index contributed by atoms with van der Waals surface area (Å²) >= 11 is 12.0. The first-order valence-electron chi connectivity index (χ1n) is 7.84. The Labute approximate surface area is 160 Å². The number of hydrogen-bond donors (Lipinski definition) is 4. The van der Waals surface area contributed by atoms with Gasteiger partial charge in [-0.25, -0.2) is 4.39 Å². The van der Waals surface area contributed by atoms with Gasteiger partial charge in [-0.05, 0) is 42.3 Å². The van der Waals surface area contributed by atoms with Crippen LogP contribution in [-0.2, 0) is 4.79 Å². The van der Waals surface area contributed by atoms with Gasteiger partial charge in [0.25, 0.3) is 5.91 Å². The smallest absolute Gasteiger partial charge is 0.269 e. The number of carbonyl (C=O) groups is 1. The van der Waals surface area contributed by atoms with Crippen molar-refractivity contribution in [2.75, 3.05) is 12.3 Å². The maximum absolute atomic E-state index is 14.4. The predicted molar refractivity (Wildman–Crippen MR) is 105 cm³/mol. The summed E-state index contributed by atoms with van der Waals surface area (Å²) < 4.78 is 14.4. The van der Waals surface area contributed by atoms with Crippen molar-refractivity contribution in [3.05, 3.63) is 57.5 Å². The fraction of sp³-hybridized carbons (Fsp3) is 0.167. The average molecular weight is 397 g/mol. The molecule has 0 spiro atoms. The van der Waals surface area contributed by atoms with Crippen molar-refractivity contribution >= 4 is 40.5 Å². The van der Waals surface area contributed by atoms with E-state index in [1.807, 2.05) is 6.92 Å². The standard InChI is InChI=1S/C18H19Cl2FN4O/c1-2-5-25-18(26)17(24)16(23)12-3-4-13(21)14(15(12)22)9-6-10(19)8-11(20)7-9/h3-4,6-8H,2,5,22-24H2,1H3,(H,25,26)/b17-16+. The maximum atomic E-state index is 14.4. The van der Waals surface area contributed by atoms with Gasteiger partial charge in [0.2, 0.25) is 0 Å². The number of nitrogen functional groups attached to an aromatic ring is 1. The van der Waals surface area contributed by atoms with Crippen LogP contribution >= 0.6 is 23.2 Å². The zero-order chi connectivity index (χ0) is 19.4. The number of nitrogens with one attached hydrogen (secondary N) is 1. The van der Waals surface area contributed by atoms with Crippen LogP contribution < -0.4 is 22.5 Å². The Morgan fingerprint density at radius 3 is 2.35 bits per heavy atom. The molecular weight excluding hydrogens is 378 g/mol. The van der Waals surface area contributed by atoms with Crippen molar-refractivity contribution in [2.45, 2.75) is 13.3 Å². The van der Waals surface area contributed by atoms with E-state index in [1.165, 1.54) is 30.3 Å². The fourth-order valence-electron chi connectivity index (χ4n) is 2.42. The third-order valence-electron chi connectivity index (χ3n) is 3.71. The minimum Gasteiger partial charge on any atom is -0.398 e. The van der Waals surface area contributed by atoms with Gasteiger partial charge in [-0.15, -0.1) is 0 Å². The van der Waals surface area contributed by atoms with E-state index >= 15 is 0 Å². The van der Waals surface area contributed by atoms with E-state index in [1.54, 1.807) is 0 Å². The summed E-state index contributed by atoms with van der Waals surface area (Å²) in [7, 11) is 0. The van der Waals surface area contributed by atoms with Gasteiger partial charge in [-0.3, -0.25) is 4.79 Å². The summed E-state index contributed by atoms with van der Waals surface area (Å²) in [5.41, 5.74) is 18.5. The summed E-state index contributed by atoms with van der Waals surface area (Å²) in [4.78, 5) is 12.0. The van der Waals surface area contributed by atoms with Crippen LogP contribution in [0.25, 0.3) is 16.8 Å². The summed E-state index contributed by atoms with van der Waals surface area (Å²) in [6.45, 7) is 2.36. The Bertz CT molecular complexity index is 863. The van der Waals surface area contributed by atoms with Crippen LogP contribution in [0.3, 0.4) is 0 Å². The molecule has 0 saturated heterocycles. The Kier molecular flexibility index (Phi) is 6.34. The highest BCUT2D eigenvalue weighted by Crippen LogP contribution is 2.36. The molecule has 0 saturated carbocycles. The van der Waals surface area contributed by atoms with Gasteiger partial charge < -0.3 is 22.5 Å². The lowest BCUT2D eigenvalue weighted by Crippen LogP contribution is -2.31. The van der Waals surface area contributed by atoms with Gasteiger partial charge in [-0.1, -0.05) is 30.1 Å². The first-order chi connectivity index (χ1) is 12.3. The number of rotatable bonds is 5. The van der Waals surface area contributed by atoms with Crippen LogP contribution in [0.2, 0.25) is 10.0 Å². The first kappa shape index (κ1) is 19.9. The van der Waals surface area contributed by atoms with Crippen LogP contribution in [0.5, 0.6) is 0 Å². The van der Waals surface area contributed by atoms with E-state index in [0.717, 1.165) is 6.42 Å². The van der Waals surface area contributed by atoms with E-state index in [9.17, 15) is 9.18 Å². The molecule has 0 heterocycles. The molecule has 0 aliphatic rings. The van der Waals surface area contributed by atoms with E-state index < -0.39 is 11.7 Å². The highest BCUT2D eigenvalue weighted by atomic mass is 35.5. The molecule has 2 rings (SSSR count). The minimum atomic E-state index is -0.577. The number of nitrogens with two attached hydrogens (primary N) is 3. The van der Waals surface area contributed by atoms with Gasteiger partial charge in [0.1, 0.15) is 11.5 Å². The Hall–Kier alpha value is -2.44. The number of amides is 1. The highest BCUT2D eigenvalue weighted by molar-refractivity contribution is 6.35. The zero-order valence-electron chi connectivity index (χ0n) is 14.1. The molecule has 138 valence electrons. The van der Waals surface area contributed by atoms with Crippen LogP contribution in [0.15, 0.2) is 36.0 Å². The van der Waals surface area contributed by atoms with Crippen molar-refractivity contribution < 1.29 is 9.18 Å². The predicted octanol–water partition coefficient (Wildman–Crippen LogP) is 3.49. The monoisotopic (exact) mass is 396 g/mol. The Balaban J connectivity index is 2.58. The fourth-order valence-corrected chi connectivity index (χ4v) is 2.95. The van der Waals surface area contributed by atoms with Crippen molar-refractivity contribution in [1.29, 1.82) is 0 Å². The Morgan fingerprint density at radius 1 is 1.15 bits per heavy atom. The Morgan fingerprint density at radius 2 is 1.77 bits per heavy atom. The molecule has 1 amide bonds. The largest absolute Gasteiger partial charge is 0.398 e. The normalized spacial score (nSPS) is 11.8. The van der Waals surface area contributed by atoms with Crippen LogP contribution in [0.1, 0.15) is 18.9 Å². The number of carbonyl (C=O) groups excluding carboxylic acids is 1. The topological polar surface area (TPSA) is 107 Å². The number of halogens is 3. The van der Waals surface area contributed by atoms with Crippen molar-refractivity contribution in [3.63, 3.8) is 0 Å².